The quantitative estimate of drug-likeness (QED) is 0.527. The maximum Gasteiger partial charge on any atom is 0.488 e. The minimum absolute atomic E-state index is 0.261. The maximum atomic E-state index is 12.1. The molecule has 1 aromatic carbocycles. The lowest BCUT2D eigenvalue weighted by Gasteiger charge is -2.35. The molecule has 1 aliphatic heterocycles. The average molecular weight is 460 g/mol. The van der Waals surface area contributed by atoms with Gasteiger partial charge >= 0.3 is 13.2 Å². The molecule has 0 spiro atoms. The molecule has 0 saturated carbocycles. The summed E-state index contributed by atoms with van der Waals surface area (Å²) in [4.78, 5) is 16.1. The van der Waals surface area contributed by atoms with E-state index in [2.05, 4.69) is 27.5 Å². The Hall–Kier alpha value is -0.835. The number of carbonyl (C=O) groups excluding carboxylic acids is 1. The molecule has 8 heteroatoms. The van der Waals surface area contributed by atoms with Crippen LogP contribution in [0.3, 0.4) is 0 Å². The Bertz CT molecular complexity index is 626. The Morgan fingerprint density at radius 3 is 2.36 bits per heavy atom. The van der Waals surface area contributed by atoms with Crippen LogP contribution >= 0.6 is 22.6 Å². The van der Waals surface area contributed by atoms with Crippen LogP contribution in [-0.2, 0) is 11.3 Å². The van der Waals surface area contributed by atoms with Crippen molar-refractivity contribution in [1.82, 2.24) is 9.80 Å². The molecule has 1 fully saturated rings. The Kier molecular flexibility index (Phi) is 6.75. The van der Waals surface area contributed by atoms with Gasteiger partial charge in [0.2, 0.25) is 0 Å². The standard InChI is InChI=1S/C17H26BIN2O4/c1-12-13(9-14(18(23)24)10-15(12)19)11-20-5-7-21(8-6-20)16(22)25-17(2,3)4/h9-10,23-24H,5-8,11H2,1-4H3. The molecule has 2 N–H and O–H groups in total. The first-order chi connectivity index (χ1) is 11.6. The second-order valence-corrected chi connectivity index (χ2v) is 8.57. The van der Waals surface area contributed by atoms with Crippen LogP contribution in [0.15, 0.2) is 12.1 Å². The number of piperazine rings is 1. The summed E-state index contributed by atoms with van der Waals surface area (Å²) in [6.45, 7) is 11.2. The molecule has 1 saturated heterocycles. The van der Waals surface area contributed by atoms with Crippen LogP contribution in [-0.4, -0.2) is 64.8 Å². The third-order valence-corrected chi connectivity index (χ3v) is 5.31. The van der Waals surface area contributed by atoms with E-state index in [0.29, 0.717) is 18.6 Å². The van der Waals surface area contributed by atoms with Crippen LogP contribution in [0.1, 0.15) is 31.9 Å². The summed E-state index contributed by atoms with van der Waals surface area (Å²) in [7, 11) is -1.46. The first-order valence-electron chi connectivity index (χ1n) is 8.42. The summed E-state index contributed by atoms with van der Waals surface area (Å²) in [5, 5.41) is 18.9. The summed E-state index contributed by atoms with van der Waals surface area (Å²) in [6, 6.07) is 3.65. The van der Waals surface area contributed by atoms with Crippen molar-refractivity contribution in [2.45, 2.75) is 39.8 Å². The van der Waals surface area contributed by atoms with E-state index in [1.165, 1.54) is 0 Å². The van der Waals surface area contributed by atoms with E-state index in [0.717, 1.165) is 34.3 Å². The summed E-state index contributed by atoms with van der Waals surface area (Å²) < 4.78 is 6.44. The Morgan fingerprint density at radius 1 is 1.24 bits per heavy atom. The highest BCUT2D eigenvalue weighted by atomic mass is 127. The fourth-order valence-electron chi connectivity index (χ4n) is 2.73. The Balaban J connectivity index is 1.97. The molecule has 1 aliphatic rings. The monoisotopic (exact) mass is 460 g/mol. The van der Waals surface area contributed by atoms with E-state index in [4.69, 9.17) is 4.74 Å². The van der Waals surface area contributed by atoms with Gasteiger partial charge in [-0.05, 0) is 72.9 Å². The molecule has 25 heavy (non-hydrogen) atoms. The molecule has 138 valence electrons. The minimum atomic E-state index is -1.46. The molecule has 0 radical (unpaired) electrons. The van der Waals surface area contributed by atoms with Crippen LogP contribution in [0.2, 0.25) is 0 Å². The number of hydrogen-bond donors (Lipinski definition) is 2. The predicted molar refractivity (Wildman–Crippen MR) is 107 cm³/mol. The summed E-state index contributed by atoms with van der Waals surface area (Å²) in [6.07, 6.45) is -0.261. The average Bonchev–Trinajstić information content (AvgIpc) is 2.50. The van der Waals surface area contributed by atoms with Crippen molar-refractivity contribution in [3.05, 3.63) is 26.8 Å². The molecule has 0 bridgehead atoms. The fraction of sp³-hybridized carbons (Fsp3) is 0.588. The topological polar surface area (TPSA) is 73.2 Å². The maximum absolute atomic E-state index is 12.1. The van der Waals surface area contributed by atoms with Gasteiger partial charge in [-0.15, -0.1) is 0 Å². The van der Waals surface area contributed by atoms with E-state index in [-0.39, 0.29) is 6.09 Å². The second-order valence-electron chi connectivity index (χ2n) is 7.40. The summed E-state index contributed by atoms with van der Waals surface area (Å²) in [5.41, 5.74) is 2.27. The van der Waals surface area contributed by atoms with Crippen molar-refractivity contribution < 1.29 is 19.6 Å². The van der Waals surface area contributed by atoms with E-state index in [1.807, 2.05) is 33.8 Å². The van der Waals surface area contributed by atoms with Crippen molar-refractivity contribution in [2.24, 2.45) is 0 Å². The van der Waals surface area contributed by atoms with Crippen LogP contribution < -0.4 is 5.46 Å². The van der Waals surface area contributed by atoms with Crippen molar-refractivity contribution >= 4 is 41.3 Å². The van der Waals surface area contributed by atoms with Crippen molar-refractivity contribution in [3.8, 4) is 0 Å². The van der Waals surface area contributed by atoms with E-state index in [9.17, 15) is 14.8 Å². The van der Waals surface area contributed by atoms with Gasteiger partial charge in [-0.1, -0.05) is 6.07 Å². The molecule has 1 amide bonds. The zero-order valence-electron chi connectivity index (χ0n) is 15.3. The molecule has 0 atom stereocenters. The van der Waals surface area contributed by atoms with Gasteiger partial charge in [0.25, 0.3) is 0 Å². The molecule has 6 nitrogen and oxygen atoms in total. The lowest BCUT2D eigenvalue weighted by Crippen LogP contribution is -2.49. The smallest absolute Gasteiger partial charge is 0.444 e. The Labute approximate surface area is 163 Å². The number of hydrogen-bond acceptors (Lipinski definition) is 5. The molecule has 1 heterocycles. The van der Waals surface area contributed by atoms with E-state index >= 15 is 0 Å². The highest BCUT2D eigenvalue weighted by Crippen LogP contribution is 2.18. The number of amides is 1. The number of ether oxygens (including phenoxy) is 1. The molecule has 0 aromatic heterocycles. The molecule has 0 aliphatic carbocycles. The first kappa shape index (κ1) is 20.5. The van der Waals surface area contributed by atoms with Crippen LogP contribution in [0.4, 0.5) is 4.79 Å². The number of nitrogens with zero attached hydrogens (tertiary/aromatic N) is 2. The molecule has 1 aromatic rings. The predicted octanol–water partition coefficient (Wildman–Crippen LogP) is 1.33. The van der Waals surface area contributed by atoms with Crippen molar-refractivity contribution in [3.63, 3.8) is 0 Å². The number of benzene rings is 1. The fourth-order valence-corrected chi connectivity index (χ4v) is 3.43. The third-order valence-electron chi connectivity index (χ3n) is 4.19. The number of carbonyl (C=O) groups is 1. The van der Waals surface area contributed by atoms with Crippen LogP contribution in [0.25, 0.3) is 0 Å². The van der Waals surface area contributed by atoms with Gasteiger partial charge < -0.3 is 19.7 Å². The first-order valence-corrected chi connectivity index (χ1v) is 9.50. The normalized spacial score (nSPS) is 16.0. The minimum Gasteiger partial charge on any atom is -0.444 e. The van der Waals surface area contributed by atoms with E-state index in [1.54, 1.807) is 11.0 Å². The highest BCUT2D eigenvalue weighted by molar-refractivity contribution is 14.1. The van der Waals surface area contributed by atoms with Gasteiger partial charge in [0.05, 0.1) is 0 Å². The van der Waals surface area contributed by atoms with Crippen LogP contribution in [0.5, 0.6) is 0 Å². The lowest BCUT2D eigenvalue weighted by atomic mass is 9.79. The second kappa shape index (κ2) is 8.24. The van der Waals surface area contributed by atoms with Gasteiger partial charge in [0.1, 0.15) is 5.60 Å². The largest absolute Gasteiger partial charge is 0.488 e. The Morgan fingerprint density at radius 2 is 1.84 bits per heavy atom. The number of rotatable bonds is 3. The van der Waals surface area contributed by atoms with Crippen molar-refractivity contribution in [2.75, 3.05) is 26.2 Å². The SMILES string of the molecule is Cc1c(I)cc(B(O)O)cc1CN1CCN(C(=O)OC(C)(C)C)CC1. The van der Waals surface area contributed by atoms with Gasteiger partial charge in [-0.25, -0.2) is 4.79 Å². The van der Waals surface area contributed by atoms with Crippen molar-refractivity contribution in [1.29, 1.82) is 0 Å². The van der Waals surface area contributed by atoms with Crippen LogP contribution in [0, 0.1) is 10.5 Å². The summed E-state index contributed by atoms with van der Waals surface area (Å²) in [5.74, 6) is 0. The zero-order valence-corrected chi connectivity index (χ0v) is 17.4. The molecular formula is C17H26BIN2O4. The third kappa shape index (κ3) is 5.84. The number of halogens is 1. The van der Waals surface area contributed by atoms with Gasteiger partial charge in [-0.2, -0.15) is 0 Å². The molecule has 2 rings (SSSR count). The van der Waals surface area contributed by atoms with Gasteiger partial charge in [0.15, 0.2) is 0 Å². The van der Waals surface area contributed by atoms with E-state index < -0.39 is 12.7 Å². The lowest BCUT2D eigenvalue weighted by molar-refractivity contribution is 0.0139. The van der Waals surface area contributed by atoms with Gasteiger partial charge in [0, 0.05) is 36.3 Å². The van der Waals surface area contributed by atoms with Gasteiger partial charge in [-0.3, -0.25) is 4.90 Å². The molecular weight excluding hydrogens is 434 g/mol. The highest BCUT2D eigenvalue weighted by Gasteiger charge is 2.26. The zero-order chi connectivity index (χ0) is 18.8. The molecule has 0 unspecified atom stereocenters. The summed E-state index contributed by atoms with van der Waals surface area (Å²) >= 11 is 2.22.